The Morgan fingerprint density at radius 2 is 2.29 bits per heavy atom. The van der Waals surface area contributed by atoms with Gasteiger partial charge in [-0.1, -0.05) is 0 Å². The van der Waals surface area contributed by atoms with Gasteiger partial charge in [0.25, 0.3) is 0 Å². The third kappa shape index (κ3) is 2.06. The average Bonchev–Trinajstić information content (AvgIpc) is 2.92. The monoisotopic (exact) mass is 285 g/mol. The van der Waals surface area contributed by atoms with Crippen LogP contribution in [0.1, 0.15) is 30.1 Å². The maximum Gasteiger partial charge on any atom is 0.166 e. The van der Waals surface area contributed by atoms with Crippen LogP contribution in [0.5, 0.6) is 0 Å². The van der Waals surface area contributed by atoms with E-state index in [1.165, 1.54) is 12.1 Å². The van der Waals surface area contributed by atoms with Crippen LogP contribution in [0.25, 0.3) is 16.6 Å². The summed E-state index contributed by atoms with van der Waals surface area (Å²) in [5.74, 6) is 0.876. The normalized spacial score (nSPS) is 19.4. The topological polar surface area (TPSA) is 55.1 Å². The lowest BCUT2D eigenvalue weighted by Crippen LogP contribution is -2.28. The van der Waals surface area contributed by atoms with Gasteiger partial charge in [-0.15, -0.1) is 5.10 Å². The summed E-state index contributed by atoms with van der Waals surface area (Å²) < 4.78 is 15.3. The highest BCUT2D eigenvalue weighted by Gasteiger charge is 2.20. The summed E-state index contributed by atoms with van der Waals surface area (Å²) in [6.07, 6.45) is 3.88. The summed E-state index contributed by atoms with van der Waals surface area (Å²) >= 11 is 0. The van der Waals surface area contributed by atoms with E-state index in [-0.39, 0.29) is 5.82 Å². The Labute approximate surface area is 121 Å². The molecule has 1 aliphatic heterocycles. The lowest BCUT2D eigenvalue weighted by atomic mass is 9.99. The number of piperidine rings is 1. The zero-order valence-electron chi connectivity index (χ0n) is 11.8. The Kier molecular flexibility index (Phi) is 2.85. The molecule has 108 valence electrons. The summed E-state index contributed by atoms with van der Waals surface area (Å²) in [6.45, 7) is 3.81. The maximum atomic E-state index is 13.7. The van der Waals surface area contributed by atoms with Crippen molar-refractivity contribution in [3.63, 3.8) is 0 Å². The molecule has 0 radical (unpaired) electrons. The van der Waals surface area contributed by atoms with E-state index < -0.39 is 0 Å². The van der Waals surface area contributed by atoms with Gasteiger partial charge in [0.1, 0.15) is 12.1 Å². The number of nitrogens with zero attached hydrogens (tertiary/aromatic N) is 4. The van der Waals surface area contributed by atoms with Gasteiger partial charge in [0.15, 0.2) is 11.5 Å². The van der Waals surface area contributed by atoms with Crippen LogP contribution in [0.4, 0.5) is 4.39 Å². The number of aryl methyl sites for hydroxylation is 1. The quantitative estimate of drug-likeness (QED) is 0.744. The Bertz CT molecular complexity index is 820. The Hall–Kier alpha value is -2.08. The first-order valence-electron chi connectivity index (χ1n) is 7.24. The van der Waals surface area contributed by atoms with Crippen LogP contribution in [-0.4, -0.2) is 32.7 Å². The van der Waals surface area contributed by atoms with Gasteiger partial charge in [-0.3, -0.25) is 0 Å². The maximum absolute atomic E-state index is 13.7. The molecular formula is C15H16FN5. The zero-order valence-corrected chi connectivity index (χ0v) is 11.8. The predicted molar refractivity (Wildman–Crippen MR) is 77.8 cm³/mol. The SMILES string of the molecule is Cc1cc(F)cc2c1ncn1nc([C@@H]3CCCNC3)nc21. The van der Waals surface area contributed by atoms with Gasteiger partial charge in [0.05, 0.1) is 5.52 Å². The van der Waals surface area contributed by atoms with Crippen LogP contribution in [-0.2, 0) is 0 Å². The molecule has 1 saturated heterocycles. The number of aromatic nitrogens is 4. The summed E-state index contributed by atoms with van der Waals surface area (Å²) in [4.78, 5) is 9.04. The first-order chi connectivity index (χ1) is 10.2. The highest BCUT2D eigenvalue weighted by Crippen LogP contribution is 2.25. The number of fused-ring (bicyclic) bond motifs is 3. The number of benzene rings is 1. The lowest BCUT2D eigenvalue weighted by Gasteiger charge is -2.19. The number of halogens is 1. The van der Waals surface area contributed by atoms with Gasteiger partial charge in [0, 0.05) is 17.8 Å². The van der Waals surface area contributed by atoms with E-state index in [2.05, 4.69) is 20.4 Å². The van der Waals surface area contributed by atoms with Crippen LogP contribution < -0.4 is 5.32 Å². The van der Waals surface area contributed by atoms with E-state index in [4.69, 9.17) is 0 Å². The van der Waals surface area contributed by atoms with Crippen molar-refractivity contribution in [2.24, 2.45) is 0 Å². The van der Waals surface area contributed by atoms with Crippen molar-refractivity contribution in [2.45, 2.75) is 25.7 Å². The van der Waals surface area contributed by atoms with Crippen LogP contribution >= 0.6 is 0 Å². The number of hydrogen-bond donors (Lipinski definition) is 1. The van der Waals surface area contributed by atoms with Gasteiger partial charge in [0.2, 0.25) is 0 Å². The van der Waals surface area contributed by atoms with Crippen LogP contribution in [0, 0.1) is 12.7 Å². The fraction of sp³-hybridized carbons (Fsp3) is 0.400. The molecule has 21 heavy (non-hydrogen) atoms. The van der Waals surface area contributed by atoms with Crippen LogP contribution in [0.3, 0.4) is 0 Å². The summed E-state index contributed by atoms with van der Waals surface area (Å²) in [5.41, 5.74) is 2.28. The highest BCUT2D eigenvalue weighted by molar-refractivity contribution is 5.92. The smallest absolute Gasteiger partial charge is 0.166 e. The fourth-order valence-electron chi connectivity index (χ4n) is 3.04. The van der Waals surface area contributed by atoms with Crippen molar-refractivity contribution in [1.82, 2.24) is 24.9 Å². The number of nitrogens with one attached hydrogen (secondary N) is 1. The molecule has 1 fully saturated rings. The van der Waals surface area contributed by atoms with E-state index >= 15 is 0 Å². The van der Waals surface area contributed by atoms with E-state index in [0.29, 0.717) is 11.6 Å². The lowest BCUT2D eigenvalue weighted by molar-refractivity contribution is 0.446. The molecule has 0 saturated carbocycles. The summed E-state index contributed by atoms with van der Waals surface area (Å²) in [5, 5.41) is 8.61. The minimum Gasteiger partial charge on any atom is -0.316 e. The van der Waals surface area contributed by atoms with Crippen molar-refractivity contribution < 1.29 is 4.39 Å². The molecule has 0 spiro atoms. The van der Waals surface area contributed by atoms with Crippen molar-refractivity contribution in [3.05, 3.63) is 35.7 Å². The standard InChI is InChI=1S/C15H16FN5/c1-9-5-11(16)6-12-13(9)18-8-21-15(12)19-14(20-21)10-3-2-4-17-7-10/h5-6,8,10,17H,2-4,7H2,1H3/t10-/m1/s1. The van der Waals surface area contributed by atoms with Gasteiger partial charge >= 0.3 is 0 Å². The molecule has 1 aliphatic rings. The Morgan fingerprint density at radius 1 is 1.38 bits per heavy atom. The van der Waals surface area contributed by atoms with Gasteiger partial charge in [-0.2, -0.15) is 0 Å². The second-order valence-electron chi connectivity index (χ2n) is 5.64. The molecule has 1 N–H and O–H groups in total. The Morgan fingerprint density at radius 3 is 3.10 bits per heavy atom. The molecule has 1 aromatic carbocycles. The molecule has 2 aromatic heterocycles. The molecule has 0 unspecified atom stereocenters. The third-order valence-electron chi connectivity index (χ3n) is 4.11. The fourth-order valence-corrected chi connectivity index (χ4v) is 3.04. The van der Waals surface area contributed by atoms with Gasteiger partial charge in [-0.05, 0) is 44.0 Å². The molecule has 6 heteroatoms. The molecule has 0 aliphatic carbocycles. The summed E-state index contributed by atoms with van der Waals surface area (Å²) in [6, 6.07) is 2.98. The average molecular weight is 285 g/mol. The van der Waals surface area contributed by atoms with Crippen molar-refractivity contribution in [1.29, 1.82) is 0 Å². The molecule has 5 nitrogen and oxygen atoms in total. The molecule has 3 heterocycles. The Balaban J connectivity index is 1.92. The van der Waals surface area contributed by atoms with Crippen molar-refractivity contribution in [3.8, 4) is 0 Å². The minimum absolute atomic E-state index is 0.265. The van der Waals surface area contributed by atoms with E-state index in [1.54, 1.807) is 10.8 Å². The molecular weight excluding hydrogens is 269 g/mol. The molecule has 1 atom stereocenters. The molecule has 0 amide bonds. The third-order valence-corrected chi connectivity index (χ3v) is 4.11. The zero-order chi connectivity index (χ0) is 14.4. The number of hydrogen-bond acceptors (Lipinski definition) is 4. The largest absolute Gasteiger partial charge is 0.316 e. The molecule has 3 aromatic rings. The van der Waals surface area contributed by atoms with Crippen LogP contribution in [0.2, 0.25) is 0 Å². The van der Waals surface area contributed by atoms with E-state index in [1.807, 2.05) is 6.92 Å². The van der Waals surface area contributed by atoms with Crippen molar-refractivity contribution in [2.75, 3.05) is 13.1 Å². The van der Waals surface area contributed by atoms with Gasteiger partial charge in [-0.25, -0.2) is 18.9 Å². The second kappa shape index (κ2) is 4.73. The van der Waals surface area contributed by atoms with Crippen molar-refractivity contribution >= 4 is 16.6 Å². The molecule has 0 bridgehead atoms. The minimum atomic E-state index is -0.265. The molecule has 4 rings (SSSR count). The predicted octanol–water partition coefficient (Wildman–Crippen LogP) is 2.19. The summed E-state index contributed by atoms with van der Waals surface area (Å²) in [7, 11) is 0. The van der Waals surface area contributed by atoms with Crippen LogP contribution in [0.15, 0.2) is 18.5 Å². The van der Waals surface area contributed by atoms with E-state index in [0.717, 1.165) is 48.2 Å². The highest BCUT2D eigenvalue weighted by atomic mass is 19.1. The first kappa shape index (κ1) is 12.6. The second-order valence-corrected chi connectivity index (χ2v) is 5.64. The van der Waals surface area contributed by atoms with E-state index in [9.17, 15) is 4.39 Å². The first-order valence-corrected chi connectivity index (χ1v) is 7.24. The number of rotatable bonds is 1. The van der Waals surface area contributed by atoms with Gasteiger partial charge < -0.3 is 5.32 Å².